The fourth-order valence-corrected chi connectivity index (χ4v) is 2.47. The molecule has 1 aromatic heterocycles. The number of nitrogens with two attached hydrogens (primary N) is 1. The van der Waals surface area contributed by atoms with E-state index in [9.17, 15) is 0 Å². The van der Waals surface area contributed by atoms with Gasteiger partial charge in [0.25, 0.3) is 0 Å². The van der Waals surface area contributed by atoms with E-state index in [1.165, 1.54) is 5.56 Å². The summed E-state index contributed by atoms with van der Waals surface area (Å²) in [4.78, 5) is 2.41. The Kier molecular flexibility index (Phi) is 3.71. The van der Waals surface area contributed by atoms with E-state index in [1.807, 2.05) is 13.1 Å². The van der Waals surface area contributed by atoms with Crippen molar-refractivity contribution < 1.29 is 4.74 Å². The lowest BCUT2D eigenvalue weighted by molar-refractivity contribution is 0.0342. The van der Waals surface area contributed by atoms with E-state index >= 15 is 0 Å². The molecule has 1 aliphatic rings. The maximum atomic E-state index is 5.84. The Morgan fingerprint density at radius 3 is 2.75 bits per heavy atom. The molecular weight excluding hydrogens is 252 g/mol. The van der Waals surface area contributed by atoms with Crippen LogP contribution in [0.1, 0.15) is 5.56 Å². The first kappa shape index (κ1) is 13.1. The van der Waals surface area contributed by atoms with Crippen molar-refractivity contribution in [2.24, 2.45) is 7.05 Å². The number of hydrogen-bond donors (Lipinski definition) is 1. The van der Waals surface area contributed by atoms with Gasteiger partial charge < -0.3 is 10.5 Å². The fourth-order valence-electron chi connectivity index (χ4n) is 2.47. The standard InChI is InChI=1S/C15H20N4O/c1-18-15(16)10-14(17-18)13-4-2-3-12(9-13)11-19-5-7-20-8-6-19/h2-4,9-10H,5-8,11,16H2,1H3. The van der Waals surface area contributed by atoms with Gasteiger partial charge in [-0.05, 0) is 11.6 Å². The third kappa shape index (κ3) is 2.84. The van der Waals surface area contributed by atoms with E-state index in [0.29, 0.717) is 5.82 Å². The van der Waals surface area contributed by atoms with Crippen molar-refractivity contribution in [2.75, 3.05) is 32.0 Å². The van der Waals surface area contributed by atoms with Crippen LogP contribution in [0.25, 0.3) is 11.3 Å². The highest BCUT2D eigenvalue weighted by Crippen LogP contribution is 2.21. The van der Waals surface area contributed by atoms with Crippen molar-refractivity contribution in [2.45, 2.75) is 6.54 Å². The van der Waals surface area contributed by atoms with Crippen LogP contribution < -0.4 is 5.73 Å². The summed E-state index contributed by atoms with van der Waals surface area (Å²) >= 11 is 0. The molecule has 20 heavy (non-hydrogen) atoms. The Morgan fingerprint density at radius 2 is 2.05 bits per heavy atom. The predicted octanol–water partition coefficient (Wildman–Crippen LogP) is 1.50. The maximum absolute atomic E-state index is 5.84. The summed E-state index contributed by atoms with van der Waals surface area (Å²) in [7, 11) is 1.86. The molecule has 0 bridgehead atoms. The molecule has 5 nitrogen and oxygen atoms in total. The number of anilines is 1. The van der Waals surface area contributed by atoms with Crippen molar-refractivity contribution in [3.05, 3.63) is 35.9 Å². The number of hydrogen-bond acceptors (Lipinski definition) is 4. The molecule has 0 radical (unpaired) electrons. The third-order valence-electron chi connectivity index (χ3n) is 3.65. The van der Waals surface area contributed by atoms with Crippen LogP contribution in [0.5, 0.6) is 0 Å². The molecule has 1 aliphatic heterocycles. The third-order valence-corrected chi connectivity index (χ3v) is 3.65. The van der Waals surface area contributed by atoms with Crippen molar-refractivity contribution in [1.29, 1.82) is 0 Å². The van der Waals surface area contributed by atoms with Gasteiger partial charge in [0, 0.05) is 38.3 Å². The fraction of sp³-hybridized carbons (Fsp3) is 0.400. The smallest absolute Gasteiger partial charge is 0.121 e. The lowest BCUT2D eigenvalue weighted by Gasteiger charge is -2.26. The van der Waals surface area contributed by atoms with Crippen LogP contribution in [0.2, 0.25) is 0 Å². The molecular formula is C15H20N4O. The lowest BCUT2D eigenvalue weighted by atomic mass is 10.1. The Morgan fingerprint density at radius 1 is 1.25 bits per heavy atom. The molecule has 1 aromatic carbocycles. The molecule has 2 aromatic rings. The zero-order valence-corrected chi connectivity index (χ0v) is 11.7. The van der Waals surface area contributed by atoms with E-state index in [0.717, 1.165) is 44.1 Å². The highest BCUT2D eigenvalue weighted by molar-refractivity contribution is 5.63. The number of rotatable bonds is 3. The van der Waals surface area contributed by atoms with E-state index in [4.69, 9.17) is 10.5 Å². The Hall–Kier alpha value is -1.85. The molecule has 106 valence electrons. The minimum absolute atomic E-state index is 0.679. The van der Waals surface area contributed by atoms with Crippen molar-refractivity contribution in [1.82, 2.24) is 14.7 Å². The second-order valence-electron chi connectivity index (χ2n) is 5.17. The quantitative estimate of drug-likeness (QED) is 0.920. The van der Waals surface area contributed by atoms with Gasteiger partial charge in [-0.15, -0.1) is 0 Å². The lowest BCUT2D eigenvalue weighted by Crippen LogP contribution is -2.35. The van der Waals surface area contributed by atoms with Gasteiger partial charge in [-0.2, -0.15) is 5.10 Å². The van der Waals surface area contributed by atoms with Crippen molar-refractivity contribution in [3.63, 3.8) is 0 Å². The number of morpholine rings is 1. The van der Waals surface area contributed by atoms with Crippen molar-refractivity contribution in [3.8, 4) is 11.3 Å². The zero-order chi connectivity index (χ0) is 13.9. The summed E-state index contributed by atoms with van der Waals surface area (Å²) in [6.45, 7) is 4.62. The highest BCUT2D eigenvalue weighted by Gasteiger charge is 2.11. The molecule has 0 spiro atoms. The van der Waals surface area contributed by atoms with Gasteiger partial charge in [-0.25, -0.2) is 0 Å². The number of benzene rings is 1. The summed E-state index contributed by atoms with van der Waals surface area (Å²) in [6.07, 6.45) is 0. The van der Waals surface area contributed by atoms with Crippen LogP contribution in [0.15, 0.2) is 30.3 Å². The summed E-state index contributed by atoms with van der Waals surface area (Å²) in [5.41, 5.74) is 9.18. The summed E-state index contributed by atoms with van der Waals surface area (Å²) in [6, 6.07) is 10.4. The topological polar surface area (TPSA) is 56.3 Å². The van der Waals surface area contributed by atoms with E-state index < -0.39 is 0 Å². The van der Waals surface area contributed by atoms with Gasteiger partial charge in [0.1, 0.15) is 5.82 Å². The summed E-state index contributed by atoms with van der Waals surface area (Å²) in [5, 5.41) is 4.43. The molecule has 2 heterocycles. The van der Waals surface area contributed by atoms with Crippen LogP contribution in [0.3, 0.4) is 0 Å². The molecule has 2 N–H and O–H groups in total. The number of ether oxygens (including phenoxy) is 1. The Bertz CT molecular complexity index is 568. The molecule has 1 saturated heterocycles. The number of nitrogen functional groups attached to an aromatic ring is 1. The van der Waals surface area contributed by atoms with Gasteiger partial charge in [0.15, 0.2) is 0 Å². The van der Waals surface area contributed by atoms with Crippen molar-refractivity contribution >= 4 is 5.82 Å². The average molecular weight is 272 g/mol. The van der Waals surface area contributed by atoms with Gasteiger partial charge in [0.2, 0.25) is 0 Å². The first-order valence-electron chi connectivity index (χ1n) is 6.91. The SMILES string of the molecule is Cn1nc(-c2cccc(CN3CCOCC3)c2)cc1N. The first-order valence-corrected chi connectivity index (χ1v) is 6.91. The minimum atomic E-state index is 0.679. The first-order chi connectivity index (χ1) is 9.72. The predicted molar refractivity (Wildman–Crippen MR) is 79.2 cm³/mol. The largest absolute Gasteiger partial charge is 0.384 e. The second kappa shape index (κ2) is 5.64. The maximum Gasteiger partial charge on any atom is 0.121 e. The van der Waals surface area contributed by atoms with Gasteiger partial charge in [0.05, 0.1) is 18.9 Å². The summed E-state index contributed by atoms with van der Waals surface area (Å²) < 4.78 is 7.08. The minimum Gasteiger partial charge on any atom is -0.384 e. The normalized spacial score (nSPS) is 16.4. The van der Waals surface area contributed by atoms with E-state index in [-0.39, 0.29) is 0 Å². The Labute approximate surface area is 118 Å². The molecule has 0 amide bonds. The summed E-state index contributed by atoms with van der Waals surface area (Å²) in [5.74, 6) is 0.679. The van der Waals surface area contributed by atoms with Crippen LogP contribution >= 0.6 is 0 Å². The van der Waals surface area contributed by atoms with Crippen LogP contribution in [-0.2, 0) is 18.3 Å². The average Bonchev–Trinajstić information content (AvgIpc) is 2.80. The van der Waals surface area contributed by atoms with E-state index in [2.05, 4.69) is 34.3 Å². The van der Waals surface area contributed by atoms with Crippen LogP contribution in [0, 0.1) is 0 Å². The van der Waals surface area contributed by atoms with Crippen LogP contribution in [-0.4, -0.2) is 41.0 Å². The Balaban J connectivity index is 1.78. The monoisotopic (exact) mass is 272 g/mol. The molecule has 0 unspecified atom stereocenters. The molecule has 5 heteroatoms. The van der Waals surface area contributed by atoms with Gasteiger partial charge >= 0.3 is 0 Å². The molecule has 1 fully saturated rings. The highest BCUT2D eigenvalue weighted by atomic mass is 16.5. The molecule has 3 rings (SSSR count). The van der Waals surface area contributed by atoms with E-state index in [1.54, 1.807) is 4.68 Å². The number of aryl methyl sites for hydroxylation is 1. The van der Waals surface area contributed by atoms with Gasteiger partial charge in [-0.3, -0.25) is 9.58 Å². The number of aromatic nitrogens is 2. The number of nitrogens with zero attached hydrogens (tertiary/aromatic N) is 3. The second-order valence-corrected chi connectivity index (χ2v) is 5.17. The molecule has 0 atom stereocenters. The molecule has 0 saturated carbocycles. The van der Waals surface area contributed by atoms with Gasteiger partial charge in [-0.1, -0.05) is 18.2 Å². The molecule has 0 aliphatic carbocycles. The van der Waals surface area contributed by atoms with Crippen LogP contribution in [0.4, 0.5) is 5.82 Å². The zero-order valence-electron chi connectivity index (χ0n) is 11.7.